The van der Waals surface area contributed by atoms with Gasteiger partial charge in [0.1, 0.15) is 6.04 Å². The van der Waals surface area contributed by atoms with Crippen molar-refractivity contribution in [2.45, 2.75) is 63.6 Å². The molecule has 3 amide bonds. The lowest BCUT2D eigenvalue weighted by atomic mass is 9.90. The molecule has 1 spiro atoms. The highest BCUT2D eigenvalue weighted by molar-refractivity contribution is 5.89. The minimum Gasteiger partial charge on any atom is -0.465 e. The van der Waals surface area contributed by atoms with Crippen LogP contribution in [0.1, 0.15) is 45.4 Å². The van der Waals surface area contributed by atoms with Crippen LogP contribution in [0.2, 0.25) is 0 Å². The van der Waals surface area contributed by atoms with Gasteiger partial charge in [-0.15, -0.1) is 0 Å². The zero-order chi connectivity index (χ0) is 19.3. The van der Waals surface area contributed by atoms with Crippen LogP contribution in [0.15, 0.2) is 11.8 Å². The molecule has 27 heavy (non-hydrogen) atoms. The number of hydrogen-bond acceptors (Lipinski definition) is 4. The van der Waals surface area contributed by atoms with Gasteiger partial charge >= 0.3 is 6.09 Å². The number of carbonyl (C=O) groups excluding carboxylic acids is 2. The molecular formula is C19H27N3O5. The summed E-state index contributed by atoms with van der Waals surface area (Å²) in [5.41, 5.74) is 0.801. The van der Waals surface area contributed by atoms with Gasteiger partial charge in [0.05, 0.1) is 12.6 Å². The largest absolute Gasteiger partial charge is 0.465 e. The minimum atomic E-state index is -1.09. The van der Waals surface area contributed by atoms with Crippen LogP contribution < -0.4 is 0 Å². The van der Waals surface area contributed by atoms with Gasteiger partial charge < -0.3 is 20.0 Å². The summed E-state index contributed by atoms with van der Waals surface area (Å²) in [6.07, 6.45) is 4.96. The van der Waals surface area contributed by atoms with E-state index in [4.69, 9.17) is 0 Å². The van der Waals surface area contributed by atoms with Gasteiger partial charge in [-0.25, -0.2) is 4.79 Å². The number of rotatable bonds is 3. The SMILES string of the molecule is C[C@H]1C(=O)N2C(=CC[C@H]2CCC(=O)N2CCC3(CC3)C(O)C2)CN1C(=O)O. The topological polar surface area (TPSA) is 101 Å². The smallest absolute Gasteiger partial charge is 0.408 e. The molecular weight excluding hydrogens is 350 g/mol. The van der Waals surface area contributed by atoms with E-state index in [0.29, 0.717) is 32.4 Å². The maximum atomic E-state index is 12.7. The number of hydrogen-bond donors (Lipinski definition) is 2. The highest BCUT2D eigenvalue weighted by atomic mass is 16.4. The third kappa shape index (κ3) is 3.09. The molecule has 4 aliphatic rings. The monoisotopic (exact) mass is 377 g/mol. The summed E-state index contributed by atoms with van der Waals surface area (Å²) in [5.74, 6) is -0.184. The summed E-state index contributed by atoms with van der Waals surface area (Å²) in [6, 6.07) is -0.790. The highest BCUT2D eigenvalue weighted by Gasteiger charge is 2.51. The number of aliphatic hydroxyl groups excluding tert-OH is 1. The van der Waals surface area contributed by atoms with E-state index in [9.17, 15) is 24.6 Å². The molecule has 0 bridgehead atoms. The average Bonchev–Trinajstić information content (AvgIpc) is 3.30. The summed E-state index contributed by atoms with van der Waals surface area (Å²) in [5, 5.41) is 19.5. The predicted octanol–water partition coefficient (Wildman–Crippen LogP) is 1.01. The van der Waals surface area contributed by atoms with Crippen LogP contribution in [0.5, 0.6) is 0 Å². The van der Waals surface area contributed by atoms with E-state index in [1.165, 1.54) is 0 Å². The van der Waals surface area contributed by atoms with Gasteiger partial charge in [-0.1, -0.05) is 6.08 Å². The maximum Gasteiger partial charge on any atom is 0.408 e. The Morgan fingerprint density at radius 3 is 2.67 bits per heavy atom. The second kappa shape index (κ2) is 6.51. The molecule has 2 N–H and O–H groups in total. The molecule has 2 saturated heterocycles. The van der Waals surface area contributed by atoms with Crippen molar-refractivity contribution in [2.24, 2.45) is 5.41 Å². The van der Waals surface area contributed by atoms with E-state index in [1.807, 2.05) is 6.08 Å². The van der Waals surface area contributed by atoms with Crippen molar-refractivity contribution in [3.63, 3.8) is 0 Å². The number of piperidine rings is 1. The van der Waals surface area contributed by atoms with Crippen molar-refractivity contribution in [2.75, 3.05) is 19.6 Å². The average molecular weight is 377 g/mol. The number of β-amino-alcohol motifs (C(OH)–C–C–N with tert-alkyl or cyclic N) is 1. The van der Waals surface area contributed by atoms with Crippen LogP contribution in [0.4, 0.5) is 4.79 Å². The Kier molecular flexibility index (Phi) is 4.41. The summed E-state index contributed by atoms with van der Waals surface area (Å²) in [7, 11) is 0. The van der Waals surface area contributed by atoms with Crippen molar-refractivity contribution in [1.82, 2.24) is 14.7 Å². The molecule has 0 radical (unpaired) electrons. The van der Waals surface area contributed by atoms with Crippen molar-refractivity contribution in [3.05, 3.63) is 11.8 Å². The van der Waals surface area contributed by atoms with Gasteiger partial charge in [-0.05, 0) is 44.4 Å². The van der Waals surface area contributed by atoms with Crippen molar-refractivity contribution < 1.29 is 24.6 Å². The fourth-order valence-corrected chi connectivity index (χ4v) is 4.74. The van der Waals surface area contributed by atoms with Gasteiger partial charge in [0.2, 0.25) is 11.8 Å². The van der Waals surface area contributed by atoms with Crippen molar-refractivity contribution in [1.29, 1.82) is 0 Å². The van der Waals surface area contributed by atoms with Crippen molar-refractivity contribution >= 4 is 17.9 Å². The molecule has 1 saturated carbocycles. The lowest BCUT2D eigenvalue weighted by Gasteiger charge is -2.40. The molecule has 0 aromatic carbocycles. The van der Waals surface area contributed by atoms with E-state index < -0.39 is 18.2 Å². The van der Waals surface area contributed by atoms with E-state index >= 15 is 0 Å². The van der Waals surface area contributed by atoms with E-state index in [2.05, 4.69) is 0 Å². The number of carboxylic acid groups (broad SMARTS) is 1. The standard InChI is InChI=1S/C19H27N3O5/c1-12-17(25)22-13(2-3-14(22)10-21(12)18(26)27)4-5-16(24)20-9-8-19(6-7-19)15(23)11-20/h3,12-13,15,23H,2,4-11H2,1H3,(H,26,27)/t12-,13-,15?/m0/s1. The molecule has 8 nitrogen and oxygen atoms in total. The third-order valence-electron chi connectivity index (χ3n) is 6.86. The summed E-state index contributed by atoms with van der Waals surface area (Å²) < 4.78 is 0. The zero-order valence-corrected chi connectivity index (χ0v) is 15.6. The van der Waals surface area contributed by atoms with Gasteiger partial charge in [0.15, 0.2) is 0 Å². The lowest BCUT2D eigenvalue weighted by Crippen LogP contribution is -2.57. The first-order valence-electron chi connectivity index (χ1n) is 9.80. The van der Waals surface area contributed by atoms with Gasteiger partial charge in [0.25, 0.3) is 0 Å². The van der Waals surface area contributed by atoms with Crippen LogP contribution >= 0.6 is 0 Å². The number of likely N-dealkylation sites (tertiary alicyclic amines) is 1. The van der Waals surface area contributed by atoms with Crippen LogP contribution in [-0.4, -0.2) is 80.6 Å². The Bertz CT molecular complexity index is 701. The molecule has 148 valence electrons. The molecule has 4 rings (SSSR count). The molecule has 3 fully saturated rings. The lowest BCUT2D eigenvalue weighted by molar-refractivity contribution is -0.140. The Morgan fingerprint density at radius 2 is 2.04 bits per heavy atom. The quantitative estimate of drug-likeness (QED) is 0.764. The van der Waals surface area contributed by atoms with Crippen molar-refractivity contribution in [3.8, 4) is 0 Å². The molecule has 8 heteroatoms. The van der Waals surface area contributed by atoms with Crippen LogP contribution in [0, 0.1) is 5.41 Å². The number of carbonyl (C=O) groups is 3. The first-order valence-corrected chi connectivity index (χ1v) is 9.80. The van der Waals surface area contributed by atoms with Crippen LogP contribution in [0.25, 0.3) is 0 Å². The summed E-state index contributed by atoms with van der Waals surface area (Å²) in [4.78, 5) is 41.1. The Morgan fingerprint density at radius 1 is 1.30 bits per heavy atom. The normalized spacial score (nSPS) is 31.8. The number of aliphatic hydroxyl groups is 1. The fraction of sp³-hybridized carbons (Fsp3) is 0.737. The summed E-state index contributed by atoms with van der Waals surface area (Å²) in [6.45, 7) is 2.95. The second-order valence-corrected chi connectivity index (χ2v) is 8.39. The van der Waals surface area contributed by atoms with Crippen LogP contribution in [-0.2, 0) is 9.59 Å². The number of piperazine rings is 1. The minimum absolute atomic E-state index is 0.0302. The zero-order valence-electron chi connectivity index (χ0n) is 15.6. The van der Waals surface area contributed by atoms with Crippen LogP contribution in [0.3, 0.4) is 0 Å². The van der Waals surface area contributed by atoms with Gasteiger partial charge in [-0.2, -0.15) is 0 Å². The molecule has 3 atom stereocenters. The number of amides is 3. The molecule has 0 aromatic heterocycles. The molecule has 0 aromatic rings. The predicted molar refractivity (Wildman–Crippen MR) is 95.6 cm³/mol. The Labute approximate surface area is 158 Å². The molecule has 1 unspecified atom stereocenters. The van der Waals surface area contributed by atoms with Gasteiger partial charge in [-0.3, -0.25) is 14.5 Å². The number of fused-ring (bicyclic) bond motifs is 1. The fourth-order valence-electron chi connectivity index (χ4n) is 4.74. The molecule has 1 aliphatic carbocycles. The van der Waals surface area contributed by atoms with E-state index in [1.54, 1.807) is 16.7 Å². The van der Waals surface area contributed by atoms with Gasteiger partial charge in [0, 0.05) is 31.2 Å². The molecule has 3 heterocycles. The third-order valence-corrected chi connectivity index (χ3v) is 6.86. The Hall–Kier alpha value is -2.09. The highest BCUT2D eigenvalue weighted by Crippen LogP contribution is 2.53. The molecule has 3 aliphatic heterocycles. The second-order valence-electron chi connectivity index (χ2n) is 8.39. The van der Waals surface area contributed by atoms with E-state index in [0.717, 1.165) is 29.9 Å². The maximum absolute atomic E-state index is 12.7. The Balaban J connectivity index is 1.33. The van der Waals surface area contributed by atoms with E-state index in [-0.39, 0.29) is 29.8 Å². The first-order chi connectivity index (χ1) is 12.8. The summed E-state index contributed by atoms with van der Waals surface area (Å²) >= 11 is 0. The first kappa shape index (κ1) is 18.3. The number of nitrogens with zero attached hydrogens (tertiary/aromatic N) is 3.